The first-order valence-corrected chi connectivity index (χ1v) is 9.92. The SMILES string of the molecule is NCCCC(NC(=O)c1ccc(C23CCC(Cl)(CC2)CC3)cc1)B(O)O. The summed E-state index contributed by atoms with van der Waals surface area (Å²) >= 11 is 6.62. The summed E-state index contributed by atoms with van der Waals surface area (Å²) < 4.78 is 0. The van der Waals surface area contributed by atoms with Crippen molar-refractivity contribution < 1.29 is 14.8 Å². The Balaban J connectivity index is 1.66. The first-order valence-electron chi connectivity index (χ1n) is 9.54. The molecule has 5 nitrogen and oxygen atoms in total. The van der Waals surface area contributed by atoms with Crippen LogP contribution >= 0.6 is 11.6 Å². The average molecular weight is 379 g/mol. The summed E-state index contributed by atoms with van der Waals surface area (Å²) in [6.45, 7) is 0.444. The number of benzene rings is 1. The van der Waals surface area contributed by atoms with Crippen LogP contribution in [0.1, 0.15) is 67.3 Å². The van der Waals surface area contributed by atoms with E-state index in [9.17, 15) is 14.8 Å². The van der Waals surface area contributed by atoms with Crippen molar-refractivity contribution in [3.63, 3.8) is 0 Å². The first kappa shape index (κ1) is 19.7. The van der Waals surface area contributed by atoms with Gasteiger partial charge in [-0.3, -0.25) is 4.79 Å². The lowest BCUT2D eigenvalue weighted by molar-refractivity contribution is 0.0940. The molecule has 0 spiro atoms. The number of alkyl halides is 1. The summed E-state index contributed by atoms with van der Waals surface area (Å²) in [6, 6.07) is 7.76. The highest BCUT2D eigenvalue weighted by atomic mass is 35.5. The van der Waals surface area contributed by atoms with E-state index in [1.54, 1.807) is 0 Å². The maximum Gasteiger partial charge on any atom is 0.475 e. The molecule has 142 valence electrons. The van der Waals surface area contributed by atoms with E-state index in [-0.39, 0.29) is 16.2 Å². The van der Waals surface area contributed by atoms with Gasteiger partial charge < -0.3 is 21.1 Å². The summed E-state index contributed by atoms with van der Waals surface area (Å²) in [4.78, 5) is 12.4. The second-order valence-corrected chi connectivity index (χ2v) is 8.73. The van der Waals surface area contributed by atoms with Crippen LogP contribution in [0.2, 0.25) is 0 Å². The molecule has 7 heteroatoms. The number of nitrogens with one attached hydrogen (secondary N) is 1. The van der Waals surface area contributed by atoms with Crippen molar-refractivity contribution in [2.24, 2.45) is 5.73 Å². The zero-order valence-corrected chi connectivity index (χ0v) is 15.8. The lowest BCUT2D eigenvalue weighted by Crippen LogP contribution is -2.46. The third-order valence-electron chi connectivity index (χ3n) is 6.31. The van der Waals surface area contributed by atoms with Gasteiger partial charge in [-0.15, -0.1) is 11.6 Å². The molecule has 1 amide bonds. The number of nitrogens with two attached hydrogens (primary N) is 1. The minimum atomic E-state index is -1.59. The molecule has 0 radical (unpaired) electrons. The normalized spacial score (nSPS) is 28.6. The zero-order chi connectivity index (χ0) is 18.8. The topological polar surface area (TPSA) is 95.6 Å². The molecular weight excluding hydrogens is 350 g/mol. The van der Waals surface area contributed by atoms with Gasteiger partial charge in [-0.2, -0.15) is 0 Å². The number of fused-ring (bicyclic) bond motifs is 3. The molecule has 3 aliphatic carbocycles. The Kier molecular flexibility index (Phi) is 5.97. The van der Waals surface area contributed by atoms with Crippen molar-refractivity contribution in [1.29, 1.82) is 0 Å². The number of hydrogen-bond acceptors (Lipinski definition) is 4. The van der Waals surface area contributed by atoms with Crippen LogP contribution < -0.4 is 11.1 Å². The smallest absolute Gasteiger partial charge is 0.426 e. The van der Waals surface area contributed by atoms with E-state index in [0.717, 1.165) is 38.5 Å². The highest BCUT2D eigenvalue weighted by Crippen LogP contribution is 2.56. The molecular formula is C19H28BClN2O3. The summed E-state index contributed by atoms with van der Waals surface area (Å²) in [6.07, 6.45) is 7.57. The molecule has 3 fully saturated rings. The second kappa shape index (κ2) is 7.89. The number of hydrogen-bond donors (Lipinski definition) is 4. The monoisotopic (exact) mass is 378 g/mol. The van der Waals surface area contributed by atoms with Crippen LogP contribution in [0, 0.1) is 0 Å². The quantitative estimate of drug-likeness (QED) is 0.432. The highest BCUT2D eigenvalue weighted by molar-refractivity contribution is 6.43. The van der Waals surface area contributed by atoms with E-state index in [0.29, 0.717) is 24.9 Å². The van der Waals surface area contributed by atoms with E-state index in [2.05, 4.69) is 5.32 Å². The Bertz CT molecular complexity index is 614. The van der Waals surface area contributed by atoms with E-state index >= 15 is 0 Å². The Morgan fingerprint density at radius 2 is 1.73 bits per heavy atom. The highest BCUT2D eigenvalue weighted by Gasteiger charge is 2.48. The molecule has 3 saturated carbocycles. The number of amides is 1. The number of rotatable bonds is 7. The Labute approximate surface area is 160 Å². The van der Waals surface area contributed by atoms with Gasteiger partial charge in [0.15, 0.2) is 0 Å². The molecule has 0 aliphatic heterocycles. The van der Waals surface area contributed by atoms with Gasteiger partial charge in [-0.05, 0) is 81.0 Å². The molecule has 1 unspecified atom stereocenters. The van der Waals surface area contributed by atoms with E-state index in [1.165, 1.54) is 5.56 Å². The van der Waals surface area contributed by atoms with Gasteiger partial charge in [0.1, 0.15) is 0 Å². The molecule has 1 aromatic rings. The number of carbonyl (C=O) groups is 1. The Hall–Kier alpha value is -1.08. The summed E-state index contributed by atoms with van der Waals surface area (Å²) in [5.74, 6) is -1.01. The number of carbonyl (C=O) groups excluding carboxylic acids is 1. The molecule has 26 heavy (non-hydrogen) atoms. The average Bonchev–Trinajstić information content (AvgIpc) is 2.66. The third kappa shape index (κ3) is 4.09. The van der Waals surface area contributed by atoms with Crippen LogP contribution in [0.4, 0.5) is 0 Å². The molecule has 3 aliphatic rings. The van der Waals surface area contributed by atoms with Crippen LogP contribution in [0.3, 0.4) is 0 Å². The van der Waals surface area contributed by atoms with Crippen molar-refractivity contribution in [2.75, 3.05) is 6.54 Å². The molecule has 4 rings (SSSR count). The predicted molar refractivity (Wildman–Crippen MR) is 104 cm³/mol. The van der Waals surface area contributed by atoms with Gasteiger partial charge >= 0.3 is 7.12 Å². The van der Waals surface area contributed by atoms with E-state index in [1.807, 2.05) is 24.3 Å². The maximum atomic E-state index is 12.4. The van der Waals surface area contributed by atoms with Crippen molar-refractivity contribution in [3.05, 3.63) is 35.4 Å². The zero-order valence-electron chi connectivity index (χ0n) is 15.1. The van der Waals surface area contributed by atoms with Gasteiger partial charge in [0, 0.05) is 10.4 Å². The molecule has 2 bridgehead atoms. The second-order valence-electron chi connectivity index (χ2n) is 7.93. The van der Waals surface area contributed by atoms with Crippen LogP contribution in [-0.2, 0) is 5.41 Å². The largest absolute Gasteiger partial charge is 0.475 e. The van der Waals surface area contributed by atoms with Gasteiger partial charge in [-0.1, -0.05) is 12.1 Å². The molecule has 0 heterocycles. The molecule has 0 aromatic heterocycles. The first-order chi connectivity index (χ1) is 12.4. The fourth-order valence-electron chi connectivity index (χ4n) is 4.43. The van der Waals surface area contributed by atoms with Crippen LogP contribution in [0.15, 0.2) is 24.3 Å². The fourth-order valence-corrected chi connectivity index (χ4v) is 4.72. The van der Waals surface area contributed by atoms with Crippen LogP contribution in [-0.4, -0.2) is 40.4 Å². The Morgan fingerprint density at radius 3 is 2.23 bits per heavy atom. The molecule has 5 N–H and O–H groups in total. The van der Waals surface area contributed by atoms with E-state index < -0.39 is 13.1 Å². The summed E-state index contributed by atoms with van der Waals surface area (Å²) in [7, 11) is -1.59. The van der Waals surface area contributed by atoms with Crippen molar-refractivity contribution in [1.82, 2.24) is 5.32 Å². The van der Waals surface area contributed by atoms with Crippen LogP contribution in [0.5, 0.6) is 0 Å². The molecule has 1 atom stereocenters. The van der Waals surface area contributed by atoms with Gasteiger partial charge in [0.05, 0.1) is 5.94 Å². The van der Waals surface area contributed by atoms with Crippen molar-refractivity contribution in [2.45, 2.75) is 67.6 Å². The van der Waals surface area contributed by atoms with E-state index in [4.69, 9.17) is 17.3 Å². The van der Waals surface area contributed by atoms with Crippen molar-refractivity contribution in [3.8, 4) is 0 Å². The van der Waals surface area contributed by atoms with Gasteiger partial charge in [0.25, 0.3) is 5.91 Å². The summed E-state index contributed by atoms with van der Waals surface area (Å²) in [5, 5.41) is 21.5. The van der Waals surface area contributed by atoms with Gasteiger partial charge in [-0.25, -0.2) is 0 Å². The number of halogens is 1. The minimum Gasteiger partial charge on any atom is -0.426 e. The minimum absolute atomic E-state index is 0.0191. The molecule has 0 saturated heterocycles. The lowest BCUT2D eigenvalue weighted by atomic mass is 9.57. The predicted octanol–water partition coefficient (Wildman–Crippen LogP) is 2.12. The summed E-state index contributed by atoms with van der Waals surface area (Å²) in [5.41, 5.74) is 7.48. The Morgan fingerprint density at radius 1 is 1.15 bits per heavy atom. The maximum absolute atomic E-state index is 12.4. The third-order valence-corrected chi connectivity index (χ3v) is 6.88. The van der Waals surface area contributed by atoms with Gasteiger partial charge in [0.2, 0.25) is 0 Å². The standard InChI is InChI=1S/C19H28BClN2O3/c21-19-10-7-18(8-11-19,9-12-19)15-5-3-14(4-6-15)17(24)23-16(20(25)26)2-1-13-22/h3-6,16,25-26H,1-2,7-13,22H2,(H,23,24). The van der Waals surface area contributed by atoms with Crippen molar-refractivity contribution >= 4 is 24.6 Å². The van der Waals surface area contributed by atoms with Crippen LogP contribution in [0.25, 0.3) is 0 Å². The fraction of sp³-hybridized carbons (Fsp3) is 0.632. The molecule has 1 aromatic carbocycles. The lowest BCUT2D eigenvalue weighted by Gasteiger charge is -2.51.